The lowest BCUT2D eigenvalue weighted by Crippen LogP contribution is -1.97. The molecule has 1 nitrogen and oxygen atoms in total. The molecule has 2 N–H and O–H groups in total. The summed E-state index contributed by atoms with van der Waals surface area (Å²) < 4.78 is 0. The molecule has 0 unspecified atom stereocenters. The Morgan fingerprint density at radius 3 is 2.21 bits per heavy atom. The zero-order chi connectivity index (χ0) is 13.1. The maximum atomic E-state index is 5.69. The molecule has 0 aliphatic rings. The molecular weight excluding hydrogens is 230 g/mol. The van der Waals surface area contributed by atoms with Gasteiger partial charge in [-0.1, -0.05) is 66.7 Å². The van der Waals surface area contributed by atoms with Crippen LogP contribution in [0.2, 0.25) is 0 Å². The molecule has 94 valence electrons. The van der Waals surface area contributed by atoms with E-state index in [0.717, 1.165) is 6.42 Å². The minimum atomic E-state index is 0.603. The smallest absolute Gasteiger partial charge is 0.0178 e. The van der Waals surface area contributed by atoms with Crippen LogP contribution >= 0.6 is 0 Å². The highest BCUT2D eigenvalue weighted by Crippen LogP contribution is 2.18. The Labute approximate surface area is 113 Å². The normalized spacial score (nSPS) is 10.8. The number of nitrogens with two attached hydrogens (primary N) is 1. The van der Waals surface area contributed by atoms with E-state index in [1.807, 2.05) is 0 Å². The van der Waals surface area contributed by atoms with Crippen molar-refractivity contribution in [2.45, 2.75) is 13.0 Å². The molecule has 0 bridgehead atoms. The lowest BCUT2D eigenvalue weighted by molar-refractivity contribution is 1.06. The molecule has 0 atom stereocenters. The van der Waals surface area contributed by atoms with Gasteiger partial charge in [0.25, 0.3) is 0 Å². The summed E-state index contributed by atoms with van der Waals surface area (Å²) >= 11 is 0. The monoisotopic (exact) mass is 247 g/mol. The zero-order valence-electron chi connectivity index (χ0n) is 10.8. The maximum absolute atomic E-state index is 5.69. The Bertz CT molecular complexity index is 701. The van der Waals surface area contributed by atoms with Gasteiger partial charge in [-0.2, -0.15) is 0 Å². The molecule has 3 aromatic carbocycles. The first-order chi connectivity index (χ1) is 9.35. The molecule has 1 heteroatoms. The van der Waals surface area contributed by atoms with Crippen LogP contribution in [0.1, 0.15) is 16.7 Å². The summed E-state index contributed by atoms with van der Waals surface area (Å²) in [6.45, 7) is 0.603. The van der Waals surface area contributed by atoms with Gasteiger partial charge in [-0.15, -0.1) is 0 Å². The highest BCUT2D eigenvalue weighted by atomic mass is 14.5. The van der Waals surface area contributed by atoms with Crippen LogP contribution in [-0.4, -0.2) is 0 Å². The van der Waals surface area contributed by atoms with E-state index in [0.29, 0.717) is 6.54 Å². The maximum Gasteiger partial charge on any atom is 0.0178 e. The van der Waals surface area contributed by atoms with Crippen LogP contribution in [0.3, 0.4) is 0 Å². The Balaban J connectivity index is 1.92. The second kappa shape index (κ2) is 5.25. The standard InChI is InChI=1S/C18H17N/c19-13-16-5-3-4-14(11-16)10-15-8-9-17-6-1-2-7-18(17)12-15/h1-9,11-12H,10,13,19H2. The average molecular weight is 247 g/mol. The summed E-state index contributed by atoms with van der Waals surface area (Å²) in [5, 5.41) is 2.59. The van der Waals surface area contributed by atoms with Crippen molar-refractivity contribution in [3.05, 3.63) is 83.4 Å². The topological polar surface area (TPSA) is 26.0 Å². The lowest BCUT2D eigenvalue weighted by Gasteiger charge is -2.06. The van der Waals surface area contributed by atoms with Crippen LogP contribution in [-0.2, 0) is 13.0 Å². The zero-order valence-corrected chi connectivity index (χ0v) is 10.8. The third kappa shape index (κ3) is 2.67. The summed E-state index contributed by atoms with van der Waals surface area (Å²) in [5.41, 5.74) is 9.54. The number of hydrogen-bond acceptors (Lipinski definition) is 1. The van der Waals surface area contributed by atoms with Gasteiger partial charge in [0.15, 0.2) is 0 Å². The van der Waals surface area contributed by atoms with Gasteiger partial charge in [0.1, 0.15) is 0 Å². The van der Waals surface area contributed by atoms with Crippen LogP contribution in [0.15, 0.2) is 66.7 Å². The number of hydrogen-bond donors (Lipinski definition) is 1. The molecule has 19 heavy (non-hydrogen) atoms. The summed E-state index contributed by atoms with van der Waals surface area (Å²) in [6, 6.07) is 23.6. The predicted molar refractivity (Wildman–Crippen MR) is 81.1 cm³/mol. The Morgan fingerprint density at radius 1 is 0.632 bits per heavy atom. The van der Waals surface area contributed by atoms with Crippen LogP contribution in [0.5, 0.6) is 0 Å². The van der Waals surface area contributed by atoms with Gasteiger partial charge in [0.2, 0.25) is 0 Å². The SMILES string of the molecule is NCc1cccc(Cc2ccc3ccccc3c2)c1. The fourth-order valence-corrected chi connectivity index (χ4v) is 2.45. The molecule has 0 saturated carbocycles. The third-order valence-corrected chi connectivity index (χ3v) is 3.45. The van der Waals surface area contributed by atoms with Gasteiger partial charge in [-0.05, 0) is 33.9 Å². The number of rotatable bonds is 3. The van der Waals surface area contributed by atoms with E-state index in [9.17, 15) is 0 Å². The van der Waals surface area contributed by atoms with Gasteiger partial charge in [-0.3, -0.25) is 0 Å². The molecule has 0 spiro atoms. The highest BCUT2D eigenvalue weighted by molar-refractivity contribution is 5.83. The van der Waals surface area contributed by atoms with Crippen molar-refractivity contribution in [2.24, 2.45) is 5.73 Å². The molecule has 0 heterocycles. The lowest BCUT2D eigenvalue weighted by atomic mass is 10.00. The van der Waals surface area contributed by atoms with E-state index in [4.69, 9.17) is 5.73 Å². The van der Waals surface area contributed by atoms with Crippen molar-refractivity contribution in [1.82, 2.24) is 0 Å². The number of fused-ring (bicyclic) bond motifs is 1. The first-order valence-electron chi connectivity index (χ1n) is 6.61. The average Bonchev–Trinajstić information content (AvgIpc) is 2.47. The van der Waals surface area contributed by atoms with E-state index in [1.54, 1.807) is 0 Å². The van der Waals surface area contributed by atoms with Crippen molar-refractivity contribution < 1.29 is 0 Å². The van der Waals surface area contributed by atoms with Crippen molar-refractivity contribution in [3.8, 4) is 0 Å². The van der Waals surface area contributed by atoms with Gasteiger partial charge in [0.05, 0.1) is 0 Å². The highest BCUT2D eigenvalue weighted by Gasteiger charge is 1.99. The minimum absolute atomic E-state index is 0.603. The van der Waals surface area contributed by atoms with Crippen molar-refractivity contribution in [2.75, 3.05) is 0 Å². The second-order valence-corrected chi connectivity index (χ2v) is 4.88. The quantitative estimate of drug-likeness (QED) is 0.746. The van der Waals surface area contributed by atoms with Crippen molar-refractivity contribution in [3.63, 3.8) is 0 Å². The molecule has 0 amide bonds. The van der Waals surface area contributed by atoms with E-state index < -0.39 is 0 Å². The van der Waals surface area contributed by atoms with Gasteiger partial charge in [0, 0.05) is 6.54 Å². The predicted octanol–water partition coefficient (Wildman–Crippen LogP) is 3.89. The van der Waals surface area contributed by atoms with Crippen LogP contribution in [0, 0.1) is 0 Å². The summed E-state index contributed by atoms with van der Waals surface area (Å²) in [7, 11) is 0. The van der Waals surface area contributed by atoms with Gasteiger partial charge in [-0.25, -0.2) is 0 Å². The molecule has 0 aromatic heterocycles. The fraction of sp³-hybridized carbons (Fsp3) is 0.111. The first kappa shape index (κ1) is 11.9. The third-order valence-electron chi connectivity index (χ3n) is 3.45. The summed E-state index contributed by atoms with van der Waals surface area (Å²) in [5.74, 6) is 0. The molecule has 0 aliphatic carbocycles. The van der Waals surface area contributed by atoms with Crippen LogP contribution < -0.4 is 5.73 Å². The van der Waals surface area contributed by atoms with Gasteiger partial charge >= 0.3 is 0 Å². The molecule has 0 fully saturated rings. The molecule has 3 aromatic rings. The summed E-state index contributed by atoms with van der Waals surface area (Å²) in [6.07, 6.45) is 0.957. The molecule has 3 rings (SSSR count). The minimum Gasteiger partial charge on any atom is -0.326 e. The molecular formula is C18H17N. The van der Waals surface area contributed by atoms with E-state index in [2.05, 4.69) is 66.7 Å². The fourth-order valence-electron chi connectivity index (χ4n) is 2.45. The Kier molecular flexibility index (Phi) is 3.30. The number of benzene rings is 3. The molecule has 0 radical (unpaired) electrons. The molecule has 0 aliphatic heterocycles. The Morgan fingerprint density at radius 2 is 1.37 bits per heavy atom. The largest absolute Gasteiger partial charge is 0.326 e. The van der Waals surface area contributed by atoms with E-state index in [1.165, 1.54) is 27.5 Å². The van der Waals surface area contributed by atoms with Crippen LogP contribution in [0.25, 0.3) is 10.8 Å². The molecule has 0 saturated heterocycles. The summed E-state index contributed by atoms with van der Waals surface area (Å²) in [4.78, 5) is 0. The Hall–Kier alpha value is -2.12. The van der Waals surface area contributed by atoms with E-state index in [-0.39, 0.29) is 0 Å². The van der Waals surface area contributed by atoms with Crippen molar-refractivity contribution >= 4 is 10.8 Å². The van der Waals surface area contributed by atoms with Crippen LogP contribution in [0.4, 0.5) is 0 Å². The van der Waals surface area contributed by atoms with E-state index >= 15 is 0 Å². The second-order valence-electron chi connectivity index (χ2n) is 4.88. The first-order valence-corrected chi connectivity index (χ1v) is 6.61. The van der Waals surface area contributed by atoms with Crippen molar-refractivity contribution in [1.29, 1.82) is 0 Å². The van der Waals surface area contributed by atoms with Gasteiger partial charge < -0.3 is 5.73 Å².